The van der Waals surface area contributed by atoms with E-state index in [4.69, 9.17) is 0 Å². The van der Waals surface area contributed by atoms with E-state index in [1.165, 1.54) is 6.07 Å². The quantitative estimate of drug-likeness (QED) is 0.427. The van der Waals surface area contributed by atoms with Crippen molar-refractivity contribution in [2.45, 2.75) is 57.2 Å². The van der Waals surface area contributed by atoms with Crippen molar-refractivity contribution in [3.05, 3.63) is 101 Å². The number of rotatable bonds is 7. The predicted molar refractivity (Wildman–Crippen MR) is 126 cm³/mol. The van der Waals surface area contributed by atoms with Gasteiger partial charge in [-0.15, -0.1) is 0 Å². The van der Waals surface area contributed by atoms with Crippen LogP contribution in [0.3, 0.4) is 0 Å². The number of hydrogen-bond donors (Lipinski definition) is 1. The first-order valence-corrected chi connectivity index (χ1v) is 11.7. The van der Waals surface area contributed by atoms with Crippen molar-refractivity contribution in [3.8, 4) is 0 Å². The molecule has 1 N–H and O–H groups in total. The second kappa shape index (κ2) is 10.00. The number of aryl methyl sites for hydroxylation is 1. The molecule has 1 amide bonds. The molecule has 1 aliphatic carbocycles. The lowest BCUT2D eigenvalue weighted by atomic mass is 9.78. The Balaban J connectivity index is 1.87. The van der Waals surface area contributed by atoms with Gasteiger partial charge in [0.2, 0.25) is 5.91 Å². The molecular formula is C28H29F3N2O. The molecule has 1 unspecified atom stereocenters. The van der Waals surface area contributed by atoms with Crippen molar-refractivity contribution < 1.29 is 18.0 Å². The molecule has 1 fully saturated rings. The van der Waals surface area contributed by atoms with Crippen LogP contribution in [0.4, 0.5) is 13.2 Å². The predicted octanol–water partition coefficient (Wildman–Crippen LogP) is 6.59. The van der Waals surface area contributed by atoms with Gasteiger partial charge in [-0.2, -0.15) is 13.2 Å². The summed E-state index contributed by atoms with van der Waals surface area (Å²) in [6.07, 6.45) is 2.00. The summed E-state index contributed by atoms with van der Waals surface area (Å²) in [6, 6.07) is 18.4. The van der Waals surface area contributed by atoms with Gasteiger partial charge in [0.15, 0.2) is 0 Å². The number of halogens is 3. The zero-order valence-electron chi connectivity index (χ0n) is 19.2. The topological polar surface area (TPSA) is 42.0 Å². The molecule has 0 spiro atoms. The number of nitrogens with zero attached hydrogens (tertiary/aromatic N) is 1. The molecule has 6 heteroatoms. The largest absolute Gasteiger partial charge is 0.416 e. The molecule has 0 bridgehead atoms. The Morgan fingerprint density at radius 3 is 2.35 bits per heavy atom. The smallest absolute Gasteiger partial charge is 0.341 e. The van der Waals surface area contributed by atoms with Crippen LogP contribution in [0.15, 0.2) is 72.9 Å². The minimum atomic E-state index is -4.50. The summed E-state index contributed by atoms with van der Waals surface area (Å²) >= 11 is 0. The molecule has 1 heterocycles. The van der Waals surface area contributed by atoms with Gasteiger partial charge in [0.05, 0.1) is 11.3 Å². The number of aromatic nitrogens is 1. The maximum Gasteiger partial charge on any atom is 0.416 e. The van der Waals surface area contributed by atoms with E-state index in [9.17, 15) is 18.0 Å². The zero-order valence-corrected chi connectivity index (χ0v) is 19.2. The fourth-order valence-electron chi connectivity index (χ4n) is 5.06. The minimum absolute atomic E-state index is 0.162. The summed E-state index contributed by atoms with van der Waals surface area (Å²) in [5, 5.41) is 3.19. The zero-order chi connectivity index (χ0) is 24.2. The van der Waals surface area contributed by atoms with Crippen molar-refractivity contribution in [2.24, 2.45) is 5.92 Å². The minimum Gasteiger partial charge on any atom is -0.341 e. The lowest BCUT2D eigenvalue weighted by Crippen LogP contribution is -2.50. The maximum atomic E-state index is 13.7. The van der Waals surface area contributed by atoms with Crippen LogP contribution in [-0.2, 0) is 22.9 Å². The van der Waals surface area contributed by atoms with Crippen molar-refractivity contribution in [2.75, 3.05) is 0 Å². The Bertz CT molecular complexity index is 1120. The van der Waals surface area contributed by atoms with Crippen LogP contribution in [0.25, 0.3) is 0 Å². The Morgan fingerprint density at radius 2 is 1.68 bits per heavy atom. The molecule has 1 saturated carbocycles. The Hall–Kier alpha value is -3.15. The Labute approximate surface area is 198 Å². The highest BCUT2D eigenvalue weighted by Crippen LogP contribution is 2.38. The summed E-state index contributed by atoms with van der Waals surface area (Å²) in [5.74, 6) is 0.145. The molecule has 4 rings (SSSR count). The number of hydrogen-bond acceptors (Lipinski definition) is 2. The van der Waals surface area contributed by atoms with Gasteiger partial charge in [-0.3, -0.25) is 9.78 Å². The van der Waals surface area contributed by atoms with Gasteiger partial charge in [-0.25, -0.2) is 0 Å². The van der Waals surface area contributed by atoms with Gasteiger partial charge >= 0.3 is 6.18 Å². The first-order valence-electron chi connectivity index (χ1n) is 11.7. The maximum absolute atomic E-state index is 13.7. The summed E-state index contributed by atoms with van der Waals surface area (Å²) in [6.45, 7) is 1.87. The lowest BCUT2D eigenvalue weighted by Gasteiger charge is -2.37. The normalized spacial score (nSPS) is 16.2. The fraction of sp³-hybridized carbons (Fsp3) is 0.357. The third-order valence-electron chi connectivity index (χ3n) is 6.71. The van der Waals surface area contributed by atoms with E-state index in [-0.39, 0.29) is 12.3 Å². The number of alkyl halides is 3. The number of carbonyl (C=O) groups is 1. The molecule has 1 aromatic heterocycles. The van der Waals surface area contributed by atoms with Gasteiger partial charge in [0.25, 0.3) is 0 Å². The van der Waals surface area contributed by atoms with Gasteiger partial charge in [0.1, 0.15) is 5.54 Å². The van der Waals surface area contributed by atoms with E-state index >= 15 is 0 Å². The van der Waals surface area contributed by atoms with E-state index in [2.05, 4.69) is 10.3 Å². The highest BCUT2D eigenvalue weighted by molar-refractivity contribution is 5.78. The molecule has 2 aromatic carbocycles. The van der Waals surface area contributed by atoms with E-state index < -0.39 is 17.3 Å². The van der Waals surface area contributed by atoms with Crippen LogP contribution in [0.5, 0.6) is 0 Å². The third kappa shape index (κ3) is 5.32. The molecule has 1 atom stereocenters. The average molecular weight is 467 g/mol. The van der Waals surface area contributed by atoms with Crippen LogP contribution in [0.1, 0.15) is 60.1 Å². The fourth-order valence-corrected chi connectivity index (χ4v) is 5.06. The van der Waals surface area contributed by atoms with Crippen LogP contribution in [-0.4, -0.2) is 10.9 Å². The molecule has 0 saturated heterocycles. The van der Waals surface area contributed by atoms with E-state index in [1.807, 2.05) is 43.3 Å². The van der Waals surface area contributed by atoms with E-state index in [0.717, 1.165) is 48.9 Å². The summed E-state index contributed by atoms with van der Waals surface area (Å²) in [5.41, 5.74) is 0.624. The van der Waals surface area contributed by atoms with Crippen molar-refractivity contribution in [1.29, 1.82) is 0 Å². The van der Waals surface area contributed by atoms with Gasteiger partial charge in [0, 0.05) is 19.0 Å². The molecule has 0 radical (unpaired) electrons. The standard InChI is InChI=1S/C28H29F3N2O/c1-20-9-8-16-32-26(20)27(19-22-12-3-2-4-13-22,33-25(34)17-21-10-5-6-11-21)23-14-7-15-24(18-23)28(29,30)31/h2-4,7-9,12-16,18,21H,5-6,10-11,17,19H2,1H3,(H,33,34). The Morgan fingerprint density at radius 1 is 0.971 bits per heavy atom. The molecular weight excluding hydrogens is 437 g/mol. The van der Waals surface area contributed by atoms with Crippen LogP contribution < -0.4 is 5.32 Å². The second-order valence-electron chi connectivity index (χ2n) is 9.22. The number of benzene rings is 2. The van der Waals surface area contributed by atoms with Crippen LogP contribution >= 0.6 is 0 Å². The first-order chi connectivity index (χ1) is 16.3. The monoisotopic (exact) mass is 466 g/mol. The summed E-state index contributed by atoms with van der Waals surface area (Å²) < 4.78 is 41.1. The van der Waals surface area contributed by atoms with Gasteiger partial charge in [-0.1, -0.05) is 61.4 Å². The molecule has 1 aliphatic rings. The number of carbonyl (C=O) groups excluding carboxylic acids is 1. The molecule has 178 valence electrons. The SMILES string of the molecule is Cc1cccnc1C(Cc1ccccc1)(NC(=O)CC1CCCC1)c1cccc(C(F)(F)F)c1. The highest BCUT2D eigenvalue weighted by Gasteiger charge is 2.41. The highest BCUT2D eigenvalue weighted by atomic mass is 19.4. The summed E-state index contributed by atoms with van der Waals surface area (Å²) in [7, 11) is 0. The van der Waals surface area contributed by atoms with Crippen molar-refractivity contribution in [1.82, 2.24) is 10.3 Å². The average Bonchev–Trinajstić information content (AvgIpc) is 3.32. The van der Waals surface area contributed by atoms with Crippen molar-refractivity contribution >= 4 is 5.91 Å². The lowest BCUT2D eigenvalue weighted by molar-refractivity contribution is -0.137. The van der Waals surface area contributed by atoms with Crippen LogP contribution in [0.2, 0.25) is 0 Å². The molecule has 34 heavy (non-hydrogen) atoms. The molecule has 3 nitrogen and oxygen atoms in total. The van der Waals surface area contributed by atoms with Gasteiger partial charge in [-0.05, 0) is 60.6 Å². The molecule has 0 aliphatic heterocycles. The first kappa shape index (κ1) is 24.0. The van der Waals surface area contributed by atoms with Crippen molar-refractivity contribution in [3.63, 3.8) is 0 Å². The van der Waals surface area contributed by atoms with Gasteiger partial charge < -0.3 is 5.32 Å². The number of nitrogens with one attached hydrogen (secondary N) is 1. The number of pyridine rings is 1. The number of amides is 1. The molecule has 3 aromatic rings. The summed E-state index contributed by atoms with van der Waals surface area (Å²) in [4.78, 5) is 18.0. The van der Waals surface area contributed by atoms with E-state index in [0.29, 0.717) is 23.6 Å². The Kier molecular flexibility index (Phi) is 7.05. The second-order valence-corrected chi connectivity index (χ2v) is 9.22. The van der Waals surface area contributed by atoms with Crippen LogP contribution in [0, 0.1) is 12.8 Å². The van der Waals surface area contributed by atoms with E-state index in [1.54, 1.807) is 18.3 Å². The third-order valence-corrected chi connectivity index (χ3v) is 6.71.